The molecule has 0 spiro atoms. The molecule has 0 radical (unpaired) electrons. The van der Waals surface area contributed by atoms with Gasteiger partial charge in [0.05, 0.1) is 5.92 Å². The van der Waals surface area contributed by atoms with Crippen molar-refractivity contribution in [3.63, 3.8) is 0 Å². The van der Waals surface area contributed by atoms with Gasteiger partial charge >= 0.3 is 12.2 Å². The van der Waals surface area contributed by atoms with Gasteiger partial charge in [-0.25, -0.2) is 17.5 Å². The van der Waals surface area contributed by atoms with Crippen molar-refractivity contribution in [3.05, 3.63) is 0 Å². The Bertz CT molecular complexity index is 602. The first kappa shape index (κ1) is 21.3. The van der Waals surface area contributed by atoms with E-state index >= 15 is 0 Å². The van der Waals surface area contributed by atoms with Crippen LogP contribution in [0, 0.1) is 11.8 Å². The molecule has 1 heterocycles. The minimum absolute atomic E-state index is 0.0563. The van der Waals surface area contributed by atoms with Crippen molar-refractivity contribution in [1.29, 1.82) is 0 Å². The Kier molecular flexibility index (Phi) is 6.48. The minimum atomic E-state index is -4.68. The number of alkyl halides is 3. The van der Waals surface area contributed by atoms with Crippen molar-refractivity contribution < 1.29 is 26.4 Å². The smallest absolute Gasteiger partial charge is 0.335 e. The summed E-state index contributed by atoms with van der Waals surface area (Å²) in [4.78, 5) is 13.4. The Morgan fingerprint density at radius 2 is 1.73 bits per heavy atom. The average molecular weight is 399 g/mol. The molecule has 0 aromatic rings. The van der Waals surface area contributed by atoms with E-state index in [9.17, 15) is 26.4 Å². The summed E-state index contributed by atoms with van der Waals surface area (Å²) in [5.74, 6) is -1.43. The molecule has 0 bridgehead atoms. The number of hydrogen-bond acceptors (Lipinski definition) is 3. The highest BCUT2D eigenvalue weighted by Gasteiger charge is 2.56. The molecule has 1 saturated heterocycles. The van der Waals surface area contributed by atoms with Crippen molar-refractivity contribution in [2.45, 2.75) is 56.5 Å². The van der Waals surface area contributed by atoms with Crippen LogP contribution in [0.15, 0.2) is 0 Å². The number of carbonyl (C=O) groups excluding carboxylic acids is 1. The van der Waals surface area contributed by atoms with E-state index in [0.29, 0.717) is 5.92 Å². The van der Waals surface area contributed by atoms with Crippen molar-refractivity contribution in [2.75, 3.05) is 27.2 Å². The van der Waals surface area contributed by atoms with Crippen LogP contribution in [0.5, 0.6) is 0 Å². The SMILES string of the molecule is CCC1CCC(NC(=O)N2C[C@H](C(F)(F)F)[C@@H](S(=O)(=O)N(C)C)C2)CC1. The molecule has 1 saturated carbocycles. The number of nitrogens with zero attached hydrogens (tertiary/aromatic N) is 2. The van der Waals surface area contributed by atoms with Crippen LogP contribution in [0.25, 0.3) is 0 Å². The number of hydrogen-bond donors (Lipinski definition) is 1. The summed E-state index contributed by atoms with van der Waals surface area (Å²) in [6, 6.07) is -0.658. The van der Waals surface area contributed by atoms with Gasteiger partial charge in [0.1, 0.15) is 5.25 Å². The fourth-order valence-electron chi connectivity index (χ4n) is 3.81. The number of nitrogens with one attached hydrogen (secondary N) is 1. The topological polar surface area (TPSA) is 69.7 Å². The molecule has 2 atom stereocenters. The minimum Gasteiger partial charge on any atom is -0.335 e. The van der Waals surface area contributed by atoms with Gasteiger partial charge in [-0.05, 0) is 31.6 Å². The maximum Gasteiger partial charge on any atom is 0.394 e. The molecule has 1 N–H and O–H groups in total. The number of amides is 2. The van der Waals surface area contributed by atoms with E-state index in [1.54, 1.807) is 0 Å². The molecule has 1 aliphatic carbocycles. The van der Waals surface area contributed by atoms with Crippen molar-refractivity contribution in [3.8, 4) is 0 Å². The first-order valence-corrected chi connectivity index (χ1v) is 10.5. The highest BCUT2D eigenvalue weighted by Crippen LogP contribution is 2.38. The van der Waals surface area contributed by atoms with Crippen LogP contribution >= 0.6 is 0 Å². The van der Waals surface area contributed by atoms with E-state index < -0.39 is 46.5 Å². The van der Waals surface area contributed by atoms with Gasteiger partial charge in [0.2, 0.25) is 10.0 Å². The van der Waals surface area contributed by atoms with Gasteiger partial charge in [0.15, 0.2) is 0 Å². The van der Waals surface area contributed by atoms with Gasteiger partial charge in [-0.15, -0.1) is 0 Å². The molecule has 6 nitrogen and oxygen atoms in total. The fraction of sp³-hybridized carbons (Fsp3) is 0.938. The molecule has 0 aromatic carbocycles. The van der Waals surface area contributed by atoms with Gasteiger partial charge < -0.3 is 10.2 Å². The molecule has 2 rings (SSSR count). The largest absolute Gasteiger partial charge is 0.394 e. The summed E-state index contributed by atoms with van der Waals surface area (Å²) in [5.41, 5.74) is 0. The van der Waals surface area contributed by atoms with Gasteiger partial charge in [-0.2, -0.15) is 13.2 Å². The molecular formula is C16H28F3N3O3S. The number of likely N-dealkylation sites (tertiary alicyclic amines) is 1. The average Bonchev–Trinajstić information content (AvgIpc) is 3.02. The van der Waals surface area contributed by atoms with Crippen LogP contribution in [0.2, 0.25) is 0 Å². The Morgan fingerprint density at radius 1 is 1.15 bits per heavy atom. The number of halogens is 3. The first-order valence-electron chi connectivity index (χ1n) is 9.00. The van der Waals surface area contributed by atoms with Crippen LogP contribution in [0.3, 0.4) is 0 Å². The second-order valence-corrected chi connectivity index (χ2v) is 9.86. The Morgan fingerprint density at radius 3 is 2.19 bits per heavy atom. The summed E-state index contributed by atoms with van der Waals surface area (Å²) in [6.45, 7) is 1.05. The van der Waals surface area contributed by atoms with Gasteiger partial charge in [0, 0.05) is 33.2 Å². The Hall–Kier alpha value is -1.03. The third-order valence-corrected chi connectivity index (χ3v) is 7.88. The van der Waals surface area contributed by atoms with Crippen molar-refractivity contribution >= 4 is 16.1 Å². The number of sulfonamides is 1. The third-order valence-electron chi connectivity index (χ3n) is 5.62. The quantitative estimate of drug-likeness (QED) is 0.789. The standard InChI is InChI=1S/C16H28F3N3O3S/c1-4-11-5-7-12(8-6-11)20-15(23)22-9-13(16(17,18)19)14(10-22)26(24,25)21(2)3/h11-14H,4-10H2,1-3H3,(H,20,23)/t11?,12?,13-,14-/m0/s1. The number of carbonyl (C=O) groups is 1. The van der Waals surface area contributed by atoms with E-state index in [4.69, 9.17) is 0 Å². The lowest BCUT2D eigenvalue weighted by Gasteiger charge is -2.30. The van der Waals surface area contributed by atoms with Crippen molar-refractivity contribution in [1.82, 2.24) is 14.5 Å². The molecule has 152 valence electrons. The van der Waals surface area contributed by atoms with Crippen LogP contribution in [-0.4, -0.2) is 68.3 Å². The van der Waals surface area contributed by atoms with Crippen LogP contribution in [-0.2, 0) is 10.0 Å². The highest BCUT2D eigenvalue weighted by atomic mass is 32.2. The van der Waals surface area contributed by atoms with Crippen molar-refractivity contribution in [2.24, 2.45) is 11.8 Å². The molecule has 2 aliphatic rings. The summed E-state index contributed by atoms with van der Waals surface area (Å²) in [7, 11) is -1.72. The van der Waals surface area contributed by atoms with E-state index in [0.717, 1.165) is 41.3 Å². The second kappa shape index (κ2) is 7.92. The zero-order valence-electron chi connectivity index (χ0n) is 15.4. The summed E-state index contributed by atoms with van der Waals surface area (Å²) in [5, 5.41) is 1.12. The van der Waals surface area contributed by atoms with Gasteiger partial charge in [-0.1, -0.05) is 13.3 Å². The first-order chi connectivity index (χ1) is 12.0. The molecule has 10 heteroatoms. The number of rotatable bonds is 4. The Labute approximate surface area is 153 Å². The lowest BCUT2D eigenvalue weighted by Crippen LogP contribution is -2.46. The van der Waals surface area contributed by atoms with Crippen LogP contribution in [0.1, 0.15) is 39.0 Å². The third kappa shape index (κ3) is 4.62. The maximum absolute atomic E-state index is 13.3. The molecule has 0 unspecified atom stereocenters. The summed E-state index contributed by atoms with van der Waals surface area (Å²) < 4.78 is 65.4. The molecule has 2 amide bonds. The molecule has 26 heavy (non-hydrogen) atoms. The highest BCUT2D eigenvalue weighted by molar-refractivity contribution is 7.89. The van der Waals surface area contributed by atoms with E-state index in [1.807, 2.05) is 0 Å². The van der Waals surface area contributed by atoms with E-state index in [-0.39, 0.29) is 6.04 Å². The second-order valence-electron chi connectivity index (χ2n) is 7.49. The maximum atomic E-state index is 13.3. The van der Waals surface area contributed by atoms with Crippen LogP contribution in [0.4, 0.5) is 18.0 Å². The summed E-state index contributed by atoms with van der Waals surface area (Å²) >= 11 is 0. The van der Waals surface area contributed by atoms with Gasteiger partial charge in [-0.3, -0.25) is 0 Å². The zero-order chi connectivity index (χ0) is 19.7. The van der Waals surface area contributed by atoms with E-state index in [1.165, 1.54) is 14.1 Å². The number of urea groups is 1. The predicted molar refractivity (Wildman–Crippen MR) is 92.1 cm³/mol. The monoisotopic (exact) mass is 399 g/mol. The normalized spacial score (nSPS) is 30.7. The van der Waals surface area contributed by atoms with E-state index in [2.05, 4.69) is 12.2 Å². The predicted octanol–water partition coefficient (Wildman–Crippen LogP) is 2.42. The lowest BCUT2D eigenvalue weighted by molar-refractivity contribution is -0.169. The van der Waals surface area contributed by atoms with Gasteiger partial charge in [0.25, 0.3) is 0 Å². The fourth-order valence-corrected chi connectivity index (χ4v) is 5.37. The Balaban J connectivity index is 2.05. The van der Waals surface area contributed by atoms with Crippen LogP contribution < -0.4 is 5.32 Å². The zero-order valence-corrected chi connectivity index (χ0v) is 16.2. The lowest BCUT2D eigenvalue weighted by atomic mass is 9.84. The molecule has 1 aliphatic heterocycles. The molecule has 2 fully saturated rings. The molecule has 0 aromatic heterocycles. The molecular weight excluding hydrogens is 371 g/mol. The summed E-state index contributed by atoms with van der Waals surface area (Å²) in [6.07, 6.45) is 0.00102.